The van der Waals surface area contributed by atoms with Gasteiger partial charge in [-0.1, -0.05) is 41.0 Å². The average Bonchev–Trinajstić information content (AvgIpc) is 2.27. The van der Waals surface area contributed by atoms with Crippen molar-refractivity contribution in [2.24, 2.45) is 17.3 Å². The molecule has 0 aliphatic carbocycles. The summed E-state index contributed by atoms with van der Waals surface area (Å²) < 4.78 is 0. The number of piperidine rings is 1. The first-order chi connectivity index (χ1) is 7.84. The molecule has 17 heavy (non-hydrogen) atoms. The maximum atomic E-state index is 10.1. The second-order valence-electron chi connectivity index (χ2n) is 6.89. The van der Waals surface area contributed by atoms with Crippen molar-refractivity contribution in [3.05, 3.63) is 0 Å². The maximum absolute atomic E-state index is 10.1. The third kappa shape index (κ3) is 4.59. The van der Waals surface area contributed by atoms with E-state index < -0.39 is 0 Å². The largest absolute Gasteiger partial charge is 0.392 e. The number of hydrogen-bond acceptors (Lipinski definition) is 2. The van der Waals surface area contributed by atoms with Gasteiger partial charge in [-0.3, -0.25) is 0 Å². The fourth-order valence-corrected chi connectivity index (χ4v) is 2.70. The molecule has 0 spiro atoms. The van der Waals surface area contributed by atoms with Crippen LogP contribution in [0.25, 0.3) is 0 Å². The Morgan fingerprint density at radius 1 is 1.24 bits per heavy atom. The molecule has 102 valence electrons. The van der Waals surface area contributed by atoms with E-state index in [1.165, 1.54) is 12.8 Å². The van der Waals surface area contributed by atoms with Crippen molar-refractivity contribution >= 4 is 0 Å². The fourth-order valence-electron chi connectivity index (χ4n) is 2.70. The SMILES string of the molecule is CCC(C)C(O)CN1CCC(C(C)(C)C)CC1. The van der Waals surface area contributed by atoms with E-state index in [1.807, 2.05) is 0 Å². The van der Waals surface area contributed by atoms with E-state index in [9.17, 15) is 5.11 Å². The van der Waals surface area contributed by atoms with Crippen LogP contribution in [0.15, 0.2) is 0 Å². The van der Waals surface area contributed by atoms with Crippen LogP contribution < -0.4 is 0 Å². The molecule has 1 rings (SSSR count). The van der Waals surface area contributed by atoms with E-state index in [2.05, 4.69) is 39.5 Å². The Labute approximate surface area is 107 Å². The number of aliphatic hydroxyl groups is 1. The van der Waals surface area contributed by atoms with Crippen LogP contribution in [-0.2, 0) is 0 Å². The molecule has 0 aromatic carbocycles. The lowest BCUT2D eigenvalue weighted by Gasteiger charge is -2.39. The van der Waals surface area contributed by atoms with Gasteiger partial charge >= 0.3 is 0 Å². The molecule has 2 unspecified atom stereocenters. The molecule has 2 heteroatoms. The number of likely N-dealkylation sites (tertiary alicyclic amines) is 1. The Morgan fingerprint density at radius 3 is 2.18 bits per heavy atom. The molecule has 1 heterocycles. The Balaban J connectivity index is 2.33. The van der Waals surface area contributed by atoms with Crippen molar-refractivity contribution in [2.45, 2.75) is 60.0 Å². The Bertz CT molecular complexity index is 213. The second-order valence-corrected chi connectivity index (χ2v) is 6.89. The molecule has 0 aromatic heterocycles. The minimum absolute atomic E-state index is 0.147. The van der Waals surface area contributed by atoms with Crippen LogP contribution in [0.1, 0.15) is 53.9 Å². The summed E-state index contributed by atoms with van der Waals surface area (Å²) >= 11 is 0. The van der Waals surface area contributed by atoms with Gasteiger partial charge in [0.15, 0.2) is 0 Å². The van der Waals surface area contributed by atoms with Crippen LogP contribution in [-0.4, -0.2) is 35.7 Å². The average molecular weight is 241 g/mol. The van der Waals surface area contributed by atoms with Gasteiger partial charge in [0, 0.05) is 6.54 Å². The van der Waals surface area contributed by atoms with E-state index in [-0.39, 0.29) is 6.10 Å². The van der Waals surface area contributed by atoms with Gasteiger partial charge in [0.25, 0.3) is 0 Å². The summed E-state index contributed by atoms with van der Waals surface area (Å²) in [7, 11) is 0. The lowest BCUT2D eigenvalue weighted by molar-refractivity contribution is 0.0404. The third-order valence-corrected chi connectivity index (χ3v) is 4.56. The van der Waals surface area contributed by atoms with E-state index in [1.54, 1.807) is 0 Å². The van der Waals surface area contributed by atoms with Crippen LogP contribution in [0, 0.1) is 17.3 Å². The zero-order valence-corrected chi connectivity index (χ0v) is 12.4. The standard InChI is InChI=1S/C15H31NO/c1-6-12(2)14(17)11-16-9-7-13(8-10-16)15(3,4)5/h12-14,17H,6-11H2,1-5H3. The maximum Gasteiger partial charge on any atom is 0.0692 e. The highest BCUT2D eigenvalue weighted by Gasteiger charge is 2.29. The summed E-state index contributed by atoms with van der Waals surface area (Å²) in [5.74, 6) is 1.27. The molecule has 0 amide bonds. The summed E-state index contributed by atoms with van der Waals surface area (Å²) in [5.41, 5.74) is 0.446. The molecule has 1 N–H and O–H groups in total. The highest BCUT2D eigenvalue weighted by atomic mass is 16.3. The van der Waals surface area contributed by atoms with Crippen LogP contribution in [0.4, 0.5) is 0 Å². The van der Waals surface area contributed by atoms with E-state index in [4.69, 9.17) is 0 Å². The van der Waals surface area contributed by atoms with Gasteiger partial charge in [-0.05, 0) is 43.2 Å². The highest BCUT2D eigenvalue weighted by molar-refractivity contribution is 4.82. The quantitative estimate of drug-likeness (QED) is 0.817. The zero-order valence-electron chi connectivity index (χ0n) is 12.4. The van der Waals surface area contributed by atoms with Crippen molar-refractivity contribution in [1.82, 2.24) is 4.90 Å². The molecule has 1 fully saturated rings. The Hall–Kier alpha value is -0.0800. The van der Waals surface area contributed by atoms with Gasteiger partial charge in [-0.2, -0.15) is 0 Å². The topological polar surface area (TPSA) is 23.5 Å². The van der Waals surface area contributed by atoms with Crippen molar-refractivity contribution in [3.8, 4) is 0 Å². The number of hydrogen-bond donors (Lipinski definition) is 1. The van der Waals surface area contributed by atoms with Crippen molar-refractivity contribution < 1.29 is 5.11 Å². The van der Waals surface area contributed by atoms with Gasteiger partial charge in [0.05, 0.1) is 6.10 Å². The van der Waals surface area contributed by atoms with E-state index >= 15 is 0 Å². The van der Waals surface area contributed by atoms with Crippen LogP contribution in [0.3, 0.4) is 0 Å². The summed E-state index contributed by atoms with van der Waals surface area (Å²) in [6.07, 6.45) is 3.50. The Kier molecular flexibility index (Phi) is 5.46. The number of rotatable bonds is 4. The summed E-state index contributed by atoms with van der Waals surface area (Å²) in [4.78, 5) is 2.44. The van der Waals surface area contributed by atoms with E-state index in [0.29, 0.717) is 11.3 Å². The molecular formula is C15H31NO. The molecule has 2 nitrogen and oxygen atoms in total. The molecule has 0 saturated carbocycles. The first-order valence-corrected chi connectivity index (χ1v) is 7.25. The van der Waals surface area contributed by atoms with Crippen molar-refractivity contribution in [3.63, 3.8) is 0 Å². The van der Waals surface area contributed by atoms with Crippen molar-refractivity contribution in [1.29, 1.82) is 0 Å². The molecule has 1 saturated heterocycles. The van der Waals surface area contributed by atoms with Gasteiger partial charge < -0.3 is 10.0 Å². The van der Waals surface area contributed by atoms with Crippen molar-refractivity contribution in [2.75, 3.05) is 19.6 Å². The summed E-state index contributed by atoms with van der Waals surface area (Å²) in [6.45, 7) is 14.5. The summed E-state index contributed by atoms with van der Waals surface area (Å²) in [5, 5.41) is 10.1. The summed E-state index contributed by atoms with van der Waals surface area (Å²) in [6, 6.07) is 0. The lowest BCUT2D eigenvalue weighted by atomic mass is 9.75. The first kappa shape index (κ1) is 15.0. The van der Waals surface area contributed by atoms with Gasteiger partial charge in [-0.25, -0.2) is 0 Å². The molecule has 2 atom stereocenters. The van der Waals surface area contributed by atoms with Crippen LogP contribution >= 0.6 is 0 Å². The normalized spacial score (nSPS) is 23.6. The fraction of sp³-hybridized carbons (Fsp3) is 1.00. The van der Waals surface area contributed by atoms with Gasteiger partial charge in [-0.15, -0.1) is 0 Å². The minimum atomic E-state index is -0.147. The van der Waals surface area contributed by atoms with Gasteiger partial charge in [0.2, 0.25) is 0 Å². The molecule has 0 radical (unpaired) electrons. The van der Waals surface area contributed by atoms with Crippen LogP contribution in [0.5, 0.6) is 0 Å². The predicted molar refractivity (Wildman–Crippen MR) is 74.1 cm³/mol. The highest BCUT2D eigenvalue weighted by Crippen LogP contribution is 2.34. The number of aliphatic hydroxyl groups excluding tert-OH is 1. The monoisotopic (exact) mass is 241 g/mol. The Morgan fingerprint density at radius 2 is 1.76 bits per heavy atom. The zero-order chi connectivity index (χ0) is 13.1. The predicted octanol–water partition coefficient (Wildman–Crippen LogP) is 3.15. The molecule has 1 aliphatic rings. The van der Waals surface area contributed by atoms with Crippen LogP contribution in [0.2, 0.25) is 0 Å². The molecular weight excluding hydrogens is 210 g/mol. The third-order valence-electron chi connectivity index (χ3n) is 4.56. The smallest absolute Gasteiger partial charge is 0.0692 e. The molecule has 1 aliphatic heterocycles. The number of β-amino-alcohol motifs (C(OH)–C–C–N with tert-alkyl or cyclic N) is 1. The molecule has 0 aromatic rings. The second kappa shape index (κ2) is 6.19. The number of nitrogens with zero attached hydrogens (tertiary/aromatic N) is 1. The first-order valence-electron chi connectivity index (χ1n) is 7.25. The minimum Gasteiger partial charge on any atom is -0.392 e. The van der Waals surface area contributed by atoms with E-state index in [0.717, 1.165) is 32.0 Å². The van der Waals surface area contributed by atoms with Gasteiger partial charge in [0.1, 0.15) is 0 Å². The molecule has 0 bridgehead atoms. The lowest BCUT2D eigenvalue weighted by Crippen LogP contribution is -2.42.